The zero-order valence-corrected chi connectivity index (χ0v) is 11.7. The minimum Gasteiger partial charge on any atom is -0.460 e. The number of hydrogen-bond donors (Lipinski definition) is 3. The summed E-state index contributed by atoms with van der Waals surface area (Å²) < 4.78 is 10.6. The van der Waals surface area contributed by atoms with Crippen molar-refractivity contribution in [3.8, 4) is 5.75 Å². The van der Waals surface area contributed by atoms with E-state index in [1.807, 2.05) is 0 Å². The van der Waals surface area contributed by atoms with E-state index in [4.69, 9.17) is 21.1 Å². The minimum atomic E-state index is -1.48. The van der Waals surface area contributed by atoms with Gasteiger partial charge < -0.3 is 24.8 Å². The fourth-order valence-electron chi connectivity index (χ4n) is 1.93. The zero-order valence-electron chi connectivity index (χ0n) is 10.9. The predicted octanol–water partition coefficient (Wildman–Crippen LogP) is 0.454. The van der Waals surface area contributed by atoms with Crippen molar-refractivity contribution in [2.24, 2.45) is 0 Å². The summed E-state index contributed by atoms with van der Waals surface area (Å²) in [5.41, 5.74) is -0.207. The van der Waals surface area contributed by atoms with Crippen LogP contribution in [0.3, 0.4) is 0 Å². The Morgan fingerprint density at radius 3 is 2.52 bits per heavy atom. The van der Waals surface area contributed by atoms with E-state index in [-0.39, 0.29) is 16.5 Å². The van der Waals surface area contributed by atoms with Crippen molar-refractivity contribution in [1.29, 1.82) is 0 Å². The van der Waals surface area contributed by atoms with Gasteiger partial charge in [0.15, 0.2) is 0 Å². The Bertz CT molecular complexity index is 540. The third kappa shape index (κ3) is 3.25. The van der Waals surface area contributed by atoms with Crippen molar-refractivity contribution in [2.45, 2.75) is 37.6 Å². The van der Waals surface area contributed by atoms with Crippen LogP contribution in [0.2, 0.25) is 5.02 Å². The molecule has 0 aliphatic carbocycles. The van der Waals surface area contributed by atoms with Gasteiger partial charge in [-0.3, -0.25) is 10.1 Å². The van der Waals surface area contributed by atoms with Crippen LogP contribution in [0, 0.1) is 10.1 Å². The first-order chi connectivity index (χ1) is 9.81. The lowest BCUT2D eigenvalue weighted by atomic mass is 10.00. The maximum Gasteiger partial charge on any atom is 0.271 e. The van der Waals surface area contributed by atoms with Crippen molar-refractivity contribution < 1.29 is 29.7 Å². The van der Waals surface area contributed by atoms with Gasteiger partial charge in [-0.2, -0.15) is 0 Å². The van der Waals surface area contributed by atoms with Crippen molar-refractivity contribution in [1.82, 2.24) is 0 Å². The van der Waals surface area contributed by atoms with E-state index >= 15 is 0 Å². The molecule has 2 rings (SSSR count). The van der Waals surface area contributed by atoms with Gasteiger partial charge in [0.25, 0.3) is 5.69 Å². The standard InChI is InChI=1S/C12H14ClNO7/c1-5-9(15)10(16)11(17)12(20-5)21-8-3-2-6(14(18)19)4-7(8)13/h2-5,9-12,15-17H,1H3/t5-,9+,10+,11-,12-/m0/s1. The normalized spacial score (nSPS) is 32.7. The summed E-state index contributed by atoms with van der Waals surface area (Å²) in [5, 5.41) is 39.6. The minimum absolute atomic E-state index is 0.0340. The monoisotopic (exact) mass is 319 g/mol. The molecule has 0 radical (unpaired) electrons. The second kappa shape index (κ2) is 6.12. The van der Waals surface area contributed by atoms with Gasteiger partial charge >= 0.3 is 0 Å². The first-order valence-corrected chi connectivity index (χ1v) is 6.49. The van der Waals surface area contributed by atoms with Gasteiger partial charge in [-0.1, -0.05) is 11.6 Å². The molecule has 1 aromatic rings. The summed E-state index contributed by atoms with van der Waals surface area (Å²) in [5.74, 6) is 0.0575. The van der Waals surface area contributed by atoms with Crippen LogP contribution >= 0.6 is 11.6 Å². The van der Waals surface area contributed by atoms with Gasteiger partial charge in [0.2, 0.25) is 6.29 Å². The number of non-ortho nitro benzene ring substituents is 1. The number of aliphatic hydroxyl groups is 3. The maximum atomic E-state index is 10.6. The highest BCUT2D eigenvalue weighted by Crippen LogP contribution is 2.31. The smallest absolute Gasteiger partial charge is 0.271 e. The molecule has 0 bridgehead atoms. The Hall–Kier alpha value is -1.45. The first-order valence-electron chi connectivity index (χ1n) is 6.11. The molecule has 0 aromatic heterocycles. The first kappa shape index (κ1) is 15.9. The lowest BCUT2D eigenvalue weighted by molar-refractivity contribution is -0.384. The van der Waals surface area contributed by atoms with Crippen LogP contribution in [0.25, 0.3) is 0 Å². The quantitative estimate of drug-likeness (QED) is 0.546. The number of aliphatic hydroxyl groups excluding tert-OH is 3. The number of nitro benzene ring substituents is 1. The van der Waals surface area contributed by atoms with E-state index in [1.54, 1.807) is 0 Å². The number of hydrogen-bond acceptors (Lipinski definition) is 7. The van der Waals surface area contributed by atoms with Gasteiger partial charge in [0.1, 0.15) is 24.1 Å². The summed E-state index contributed by atoms with van der Waals surface area (Å²) in [6, 6.07) is 3.55. The predicted molar refractivity (Wildman–Crippen MR) is 71.1 cm³/mol. The zero-order chi connectivity index (χ0) is 15.7. The molecule has 1 heterocycles. The molecule has 0 amide bonds. The van der Waals surface area contributed by atoms with Gasteiger partial charge in [0, 0.05) is 12.1 Å². The van der Waals surface area contributed by atoms with Crippen molar-refractivity contribution in [3.63, 3.8) is 0 Å². The second-order valence-corrected chi connectivity index (χ2v) is 5.08. The SMILES string of the molecule is C[C@@H]1O[C@@H](Oc2ccc([N+](=O)[O-])cc2Cl)[C@@H](O)[C@H](O)[C@@H]1O. The molecule has 0 unspecified atom stereocenters. The molecule has 1 fully saturated rings. The van der Waals surface area contributed by atoms with E-state index in [9.17, 15) is 25.4 Å². The molecule has 9 heteroatoms. The molecule has 116 valence electrons. The molecule has 5 atom stereocenters. The highest BCUT2D eigenvalue weighted by Gasteiger charge is 2.43. The second-order valence-electron chi connectivity index (χ2n) is 4.67. The van der Waals surface area contributed by atoms with E-state index in [1.165, 1.54) is 19.1 Å². The molecule has 3 N–H and O–H groups in total. The molecular weight excluding hydrogens is 306 g/mol. The third-order valence-corrected chi connectivity index (χ3v) is 3.47. The van der Waals surface area contributed by atoms with Gasteiger partial charge in [0.05, 0.1) is 16.0 Å². The summed E-state index contributed by atoms with van der Waals surface area (Å²) in [6.07, 6.45) is -6.17. The van der Waals surface area contributed by atoms with Crippen molar-refractivity contribution >= 4 is 17.3 Å². The number of halogens is 1. The fraction of sp³-hybridized carbons (Fsp3) is 0.500. The summed E-state index contributed by atoms with van der Waals surface area (Å²) in [4.78, 5) is 10.0. The molecule has 8 nitrogen and oxygen atoms in total. The molecular formula is C12H14ClNO7. The van der Waals surface area contributed by atoms with Gasteiger partial charge in [-0.15, -0.1) is 0 Å². The lowest BCUT2D eigenvalue weighted by Gasteiger charge is -2.38. The van der Waals surface area contributed by atoms with Crippen LogP contribution in [0.1, 0.15) is 6.92 Å². The van der Waals surface area contributed by atoms with E-state index in [0.717, 1.165) is 6.07 Å². The largest absolute Gasteiger partial charge is 0.460 e. The molecule has 0 saturated carbocycles. The maximum absolute atomic E-state index is 10.6. The van der Waals surface area contributed by atoms with Crippen LogP contribution in [0.15, 0.2) is 18.2 Å². The van der Waals surface area contributed by atoms with Crippen molar-refractivity contribution in [3.05, 3.63) is 33.3 Å². The fourth-order valence-corrected chi connectivity index (χ4v) is 2.15. The molecule has 21 heavy (non-hydrogen) atoms. The summed E-state index contributed by atoms with van der Waals surface area (Å²) in [7, 11) is 0. The van der Waals surface area contributed by atoms with Crippen molar-refractivity contribution in [2.75, 3.05) is 0 Å². The Balaban J connectivity index is 2.16. The number of ether oxygens (including phenoxy) is 2. The molecule has 1 aromatic carbocycles. The Kier molecular flexibility index (Phi) is 4.64. The third-order valence-electron chi connectivity index (χ3n) is 3.18. The number of nitro groups is 1. The van der Waals surface area contributed by atoms with E-state index in [0.29, 0.717) is 0 Å². The average molecular weight is 320 g/mol. The molecule has 0 spiro atoms. The average Bonchev–Trinajstić information content (AvgIpc) is 2.44. The number of rotatable bonds is 3. The summed E-state index contributed by atoms with van der Waals surface area (Å²) in [6.45, 7) is 1.51. The summed E-state index contributed by atoms with van der Waals surface area (Å²) >= 11 is 5.86. The van der Waals surface area contributed by atoms with Gasteiger partial charge in [-0.25, -0.2) is 0 Å². The Morgan fingerprint density at radius 1 is 1.29 bits per heavy atom. The van der Waals surface area contributed by atoms with E-state index in [2.05, 4.69) is 0 Å². The van der Waals surface area contributed by atoms with Crippen LogP contribution < -0.4 is 4.74 Å². The highest BCUT2D eigenvalue weighted by atomic mass is 35.5. The molecule has 1 aliphatic heterocycles. The Morgan fingerprint density at radius 2 is 1.95 bits per heavy atom. The van der Waals surface area contributed by atoms with E-state index < -0.39 is 35.6 Å². The highest BCUT2D eigenvalue weighted by molar-refractivity contribution is 6.32. The van der Waals surface area contributed by atoms with Crippen LogP contribution in [-0.2, 0) is 4.74 Å². The van der Waals surface area contributed by atoms with Crippen LogP contribution in [-0.4, -0.2) is 50.9 Å². The Labute approximate surface area is 124 Å². The number of benzene rings is 1. The molecule has 1 saturated heterocycles. The lowest BCUT2D eigenvalue weighted by Crippen LogP contribution is -2.58. The number of nitrogens with zero attached hydrogens (tertiary/aromatic N) is 1. The molecule has 1 aliphatic rings. The topological polar surface area (TPSA) is 122 Å². The van der Waals surface area contributed by atoms with Crippen LogP contribution in [0.4, 0.5) is 5.69 Å². The van der Waals surface area contributed by atoms with Gasteiger partial charge in [-0.05, 0) is 13.0 Å². The van der Waals surface area contributed by atoms with Crippen LogP contribution in [0.5, 0.6) is 5.75 Å².